The van der Waals surface area contributed by atoms with Gasteiger partial charge in [-0.05, 0) is 73.0 Å². The molecule has 2 heterocycles. The molecule has 5 rings (SSSR count). The smallest absolute Gasteiger partial charge is 0.301 e. The highest BCUT2D eigenvalue weighted by atomic mass is 79.9. The molecule has 1 aliphatic rings. The molecule has 0 saturated carbocycles. The van der Waals surface area contributed by atoms with E-state index in [1.54, 1.807) is 18.2 Å². The van der Waals surface area contributed by atoms with Crippen molar-refractivity contribution >= 4 is 60.1 Å². The lowest BCUT2D eigenvalue weighted by Gasteiger charge is -2.23. The molecule has 1 amide bonds. The van der Waals surface area contributed by atoms with Crippen LogP contribution in [-0.4, -0.2) is 21.8 Å². The monoisotopic (exact) mass is 536 g/mol. The summed E-state index contributed by atoms with van der Waals surface area (Å²) in [5.41, 5.74) is 3.61. The molecule has 3 aromatic carbocycles. The Morgan fingerprint density at radius 2 is 1.82 bits per heavy atom. The van der Waals surface area contributed by atoms with Crippen molar-refractivity contribution < 1.29 is 19.1 Å². The number of rotatable bonds is 3. The third kappa shape index (κ3) is 3.73. The fourth-order valence-electron chi connectivity index (χ4n) is 4.25. The van der Waals surface area contributed by atoms with Gasteiger partial charge < -0.3 is 5.11 Å². The molecule has 0 spiro atoms. The highest BCUT2D eigenvalue weighted by molar-refractivity contribution is 9.10. The molecule has 0 aliphatic carbocycles. The van der Waals surface area contributed by atoms with Crippen LogP contribution in [0.5, 0.6) is 0 Å². The molecular formula is C26H18BrFN2O3S. The maximum atomic E-state index is 13.5. The van der Waals surface area contributed by atoms with E-state index >= 15 is 0 Å². The number of aliphatic hydroxyl groups excluding tert-OH is 1. The van der Waals surface area contributed by atoms with Gasteiger partial charge in [0, 0.05) is 10.0 Å². The second-order valence-corrected chi connectivity index (χ2v) is 10.1. The highest BCUT2D eigenvalue weighted by Gasteiger charge is 2.48. The van der Waals surface area contributed by atoms with E-state index in [1.165, 1.54) is 40.5 Å². The Balaban J connectivity index is 1.75. The fourth-order valence-corrected chi connectivity index (χ4v) is 5.83. The Labute approximate surface area is 207 Å². The minimum absolute atomic E-state index is 0.0677. The number of carbonyl (C=O) groups is 2. The summed E-state index contributed by atoms with van der Waals surface area (Å²) in [7, 11) is 0. The van der Waals surface area contributed by atoms with Gasteiger partial charge in [-0.2, -0.15) is 0 Å². The number of anilines is 1. The molecule has 1 aliphatic heterocycles. The number of fused-ring (bicyclic) bond motifs is 1. The van der Waals surface area contributed by atoms with Crippen LogP contribution in [0.25, 0.3) is 16.0 Å². The summed E-state index contributed by atoms with van der Waals surface area (Å²) in [6.45, 7) is 3.94. The second-order valence-electron chi connectivity index (χ2n) is 8.16. The molecule has 170 valence electrons. The van der Waals surface area contributed by atoms with Gasteiger partial charge in [-0.15, -0.1) is 0 Å². The van der Waals surface area contributed by atoms with Gasteiger partial charge in [0.05, 0.1) is 21.8 Å². The van der Waals surface area contributed by atoms with Crippen molar-refractivity contribution in [3.8, 4) is 0 Å². The standard InChI is InChI=1S/C26H18BrFN2O3S/c1-13-10-14(2)21-19(11-13)34-26(29-21)30-22(16-4-3-5-17(27)12-16)20(24(32)25(30)33)23(31)15-6-8-18(28)9-7-15/h3-12,22,31H,1-2H3/b23-20+/t22-/m1/s1. The molecule has 0 bridgehead atoms. The summed E-state index contributed by atoms with van der Waals surface area (Å²) in [5, 5.41) is 11.5. The lowest BCUT2D eigenvalue weighted by atomic mass is 9.95. The number of aromatic nitrogens is 1. The van der Waals surface area contributed by atoms with Gasteiger partial charge in [0.25, 0.3) is 5.78 Å². The Kier molecular flexibility index (Phi) is 5.58. The summed E-state index contributed by atoms with van der Waals surface area (Å²) in [4.78, 5) is 32.6. The number of benzene rings is 3. The minimum Gasteiger partial charge on any atom is -0.507 e. The number of aryl methyl sites for hydroxylation is 2. The van der Waals surface area contributed by atoms with Crippen LogP contribution >= 0.6 is 27.3 Å². The quantitative estimate of drug-likeness (QED) is 0.186. The Bertz CT molecular complexity index is 1510. The van der Waals surface area contributed by atoms with Crippen molar-refractivity contribution in [3.05, 3.63) is 98.8 Å². The number of amides is 1. The predicted molar refractivity (Wildman–Crippen MR) is 134 cm³/mol. The van der Waals surface area contributed by atoms with E-state index in [0.717, 1.165) is 25.8 Å². The Hall–Kier alpha value is -3.36. The third-order valence-electron chi connectivity index (χ3n) is 5.75. The van der Waals surface area contributed by atoms with Gasteiger partial charge in [0.15, 0.2) is 5.13 Å². The van der Waals surface area contributed by atoms with E-state index in [9.17, 15) is 19.1 Å². The first-order chi connectivity index (χ1) is 16.2. The summed E-state index contributed by atoms with van der Waals surface area (Å²) < 4.78 is 15.1. The number of thiazole rings is 1. The molecule has 0 unspecified atom stereocenters. The highest BCUT2D eigenvalue weighted by Crippen LogP contribution is 2.45. The van der Waals surface area contributed by atoms with E-state index < -0.39 is 23.5 Å². The van der Waals surface area contributed by atoms with Gasteiger partial charge >= 0.3 is 5.91 Å². The molecule has 1 fully saturated rings. The van der Waals surface area contributed by atoms with E-state index in [-0.39, 0.29) is 16.9 Å². The molecular weight excluding hydrogens is 519 g/mol. The van der Waals surface area contributed by atoms with Crippen LogP contribution in [0.3, 0.4) is 0 Å². The first-order valence-corrected chi connectivity index (χ1v) is 12.1. The van der Waals surface area contributed by atoms with Crippen LogP contribution < -0.4 is 4.90 Å². The van der Waals surface area contributed by atoms with Crippen molar-refractivity contribution in [1.29, 1.82) is 0 Å². The maximum absolute atomic E-state index is 13.5. The number of nitrogens with zero attached hydrogens (tertiary/aromatic N) is 2. The lowest BCUT2D eigenvalue weighted by molar-refractivity contribution is -0.132. The van der Waals surface area contributed by atoms with Gasteiger partial charge in [-0.25, -0.2) is 9.37 Å². The maximum Gasteiger partial charge on any atom is 0.301 e. The predicted octanol–water partition coefficient (Wildman–Crippen LogP) is 6.44. The Morgan fingerprint density at radius 1 is 1.09 bits per heavy atom. The van der Waals surface area contributed by atoms with Crippen LogP contribution in [0.15, 0.2) is 70.7 Å². The Morgan fingerprint density at radius 3 is 2.53 bits per heavy atom. The second kappa shape index (κ2) is 8.45. The zero-order valence-electron chi connectivity index (χ0n) is 18.2. The summed E-state index contributed by atoms with van der Waals surface area (Å²) in [5.74, 6) is -2.43. The molecule has 1 atom stereocenters. The SMILES string of the molecule is Cc1cc(C)c2nc(N3C(=O)C(=O)/C(=C(/O)c4ccc(F)cc4)[C@H]3c3cccc(Br)c3)sc2c1. The average molecular weight is 537 g/mol. The number of hydrogen-bond donors (Lipinski definition) is 1. The van der Waals surface area contributed by atoms with Gasteiger partial charge in [-0.3, -0.25) is 14.5 Å². The van der Waals surface area contributed by atoms with Crippen LogP contribution in [0, 0.1) is 19.7 Å². The molecule has 0 radical (unpaired) electrons. The van der Waals surface area contributed by atoms with Gasteiger partial charge in [0.1, 0.15) is 11.6 Å². The topological polar surface area (TPSA) is 70.5 Å². The van der Waals surface area contributed by atoms with E-state index in [2.05, 4.69) is 15.9 Å². The summed E-state index contributed by atoms with van der Waals surface area (Å²) in [6.07, 6.45) is 0. The van der Waals surface area contributed by atoms with E-state index in [1.807, 2.05) is 32.0 Å². The molecule has 4 aromatic rings. The zero-order chi connectivity index (χ0) is 24.1. The molecule has 1 N–H and O–H groups in total. The van der Waals surface area contributed by atoms with Crippen molar-refractivity contribution in [3.63, 3.8) is 0 Å². The zero-order valence-corrected chi connectivity index (χ0v) is 20.6. The number of carbonyl (C=O) groups excluding carboxylic acids is 2. The first-order valence-electron chi connectivity index (χ1n) is 10.4. The lowest BCUT2D eigenvalue weighted by Crippen LogP contribution is -2.29. The van der Waals surface area contributed by atoms with E-state index in [4.69, 9.17) is 4.98 Å². The van der Waals surface area contributed by atoms with Crippen LogP contribution in [-0.2, 0) is 9.59 Å². The van der Waals surface area contributed by atoms with E-state index in [0.29, 0.717) is 10.7 Å². The summed E-state index contributed by atoms with van der Waals surface area (Å²) in [6, 6.07) is 15.5. The van der Waals surface area contributed by atoms with Crippen LogP contribution in [0.1, 0.15) is 28.3 Å². The number of Topliss-reactive ketones (excluding diaryl/α,β-unsaturated/α-hetero) is 1. The third-order valence-corrected chi connectivity index (χ3v) is 7.25. The van der Waals surface area contributed by atoms with Crippen molar-refractivity contribution in [1.82, 2.24) is 4.98 Å². The van der Waals surface area contributed by atoms with Gasteiger partial charge in [-0.1, -0.05) is 45.5 Å². The molecule has 5 nitrogen and oxygen atoms in total. The number of halogens is 2. The molecule has 34 heavy (non-hydrogen) atoms. The van der Waals surface area contributed by atoms with Gasteiger partial charge in [0.2, 0.25) is 0 Å². The van der Waals surface area contributed by atoms with Crippen molar-refractivity contribution in [2.75, 3.05) is 4.90 Å². The van der Waals surface area contributed by atoms with Crippen molar-refractivity contribution in [2.24, 2.45) is 0 Å². The normalized spacial score (nSPS) is 17.6. The van der Waals surface area contributed by atoms with Crippen LogP contribution in [0.4, 0.5) is 9.52 Å². The van der Waals surface area contributed by atoms with Crippen molar-refractivity contribution in [2.45, 2.75) is 19.9 Å². The van der Waals surface area contributed by atoms with Crippen LogP contribution in [0.2, 0.25) is 0 Å². The minimum atomic E-state index is -0.899. The average Bonchev–Trinajstić information content (AvgIpc) is 3.33. The number of ketones is 1. The summed E-state index contributed by atoms with van der Waals surface area (Å²) >= 11 is 4.77. The molecule has 1 aromatic heterocycles. The fraction of sp³-hybridized carbons (Fsp3) is 0.115. The number of hydrogen-bond acceptors (Lipinski definition) is 5. The molecule has 8 heteroatoms. The largest absolute Gasteiger partial charge is 0.507 e. The molecule has 1 saturated heterocycles. The number of aliphatic hydroxyl groups is 1. The first kappa shape index (κ1) is 22.4.